The van der Waals surface area contributed by atoms with Gasteiger partial charge in [-0.05, 0) is 36.5 Å². The Morgan fingerprint density at radius 3 is 2.50 bits per heavy atom. The van der Waals surface area contributed by atoms with Gasteiger partial charge in [0.1, 0.15) is 11.9 Å². The molecule has 2 aromatic carbocycles. The van der Waals surface area contributed by atoms with Crippen molar-refractivity contribution in [3.63, 3.8) is 0 Å². The first kappa shape index (κ1) is 18.9. The average Bonchev–Trinajstić information content (AvgIpc) is 2.52. The number of likely N-dealkylation sites (N-methyl/N-ethyl adjacent to an activating group) is 1. The first-order valence-corrected chi connectivity index (χ1v) is 8.59. The molecule has 2 aromatic rings. The largest absolute Gasteiger partial charge is 0.356 e. The van der Waals surface area contributed by atoms with Crippen LogP contribution in [0.15, 0.2) is 42.5 Å². The summed E-state index contributed by atoms with van der Waals surface area (Å²) in [5, 5.41) is 7.40. The highest BCUT2D eigenvalue weighted by molar-refractivity contribution is 7.80. The molecule has 1 atom stereocenters. The molecule has 0 aromatic heterocycles. The van der Waals surface area contributed by atoms with Crippen LogP contribution in [0.25, 0.3) is 0 Å². The van der Waals surface area contributed by atoms with Gasteiger partial charge >= 0.3 is 0 Å². The van der Waals surface area contributed by atoms with Gasteiger partial charge in [0.2, 0.25) is 0 Å². The maximum atomic E-state index is 13.2. The molecule has 0 spiro atoms. The monoisotopic (exact) mass is 386 g/mol. The van der Waals surface area contributed by atoms with Crippen molar-refractivity contribution in [2.45, 2.75) is 6.04 Å². The summed E-state index contributed by atoms with van der Waals surface area (Å²) in [7, 11) is 4.12. The molecule has 0 aliphatic heterocycles. The molecule has 0 bridgehead atoms. The van der Waals surface area contributed by atoms with Crippen LogP contribution >= 0.6 is 35.4 Å². The van der Waals surface area contributed by atoms with Gasteiger partial charge in [-0.15, -0.1) is 0 Å². The summed E-state index contributed by atoms with van der Waals surface area (Å²) in [4.78, 5) is 1.23. The lowest BCUT2D eigenvalue weighted by Gasteiger charge is -2.24. The Labute approximate surface area is 156 Å². The highest BCUT2D eigenvalue weighted by Gasteiger charge is 2.20. The maximum Gasteiger partial charge on any atom is 0.171 e. The predicted molar refractivity (Wildman–Crippen MR) is 103 cm³/mol. The molecule has 0 amide bonds. The highest BCUT2D eigenvalue weighted by Crippen LogP contribution is 2.21. The minimum absolute atomic E-state index is 0.0504. The maximum absolute atomic E-state index is 13.2. The van der Waals surface area contributed by atoms with Crippen molar-refractivity contribution in [3.05, 3.63) is 63.9 Å². The molecule has 2 rings (SSSR count). The molecule has 24 heavy (non-hydrogen) atoms. The molecule has 0 saturated carbocycles. The van der Waals surface area contributed by atoms with E-state index in [1.807, 2.05) is 24.3 Å². The molecular weight excluding hydrogens is 368 g/mol. The quantitative estimate of drug-likeness (QED) is 0.688. The minimum atomic E-state index is -0.462. The molecule has 0 saturated heterocycles. The van der Waals surface area contributed by atoms with Gasteiger partial charge in [0.25, 0.3) is 0 Å². The molecule has 0 fully saturated rings. The summed E-state index contributed by atoms with van der Waals surface area (Å²) in [6.07, 6.45) is 0. The van der Waals surface area contributed by atoms with E-state index in [1.54, 1.807) is 6.07 Å². The molecule has 0 unspecified atom stereocenters. The number of nitrogens with one attached hydrogen (secondary N) is 3. The number of hydrogen-bond donors (Lipinski definition) is 3. The zero-order valence-electron chi connectivity index (χ0n) is 13.4. The van der Waals surface area contributed by atoms with Crippen molar-refractivity contribution in [1.29, 1.82) is 0 Å². The Balaban J connectivity index is 2.00. The van der Waals surface area contributed by atoms with Gasteiger partial charge in [0.05, 0.1) is 25.7 Å². The first-order valence-electron chi connectivity index (χ1n) is 7.43. The number of halogens is 3. The molecule has 128 valence electrons. The van der Waals surface area contributed by atoms with E-state index in [4.69, 9.17) is 35.4 Å². The predicted octanol–water partition coefficient (Wildman–Crippen LogP) is 3.30. The Morgan fingerprint density at radius 1 is 1.17 bits per heavy atom. The molecule has 3 nitrogen and oxygen atoms in total. The number of benzene rings is 2. The van der Waals surface area contributed by atoms with E-state index in [2.05, 4.69) is 24.7 Å². The smallest absolute Gasteiger partial charge is 0.171 e. The van der Waals surface area contributed by atoms with E-state index >= 15 is 0 Å². The summed E-state index contributed by atoms with van der Waals surface area (Å²) >= 11 is 17.4. The molecule has 0 heterocycles. The van der Waals surface area contributed by atoms with Crippen molar-refractivity contribution < 1.29 is 9.29 Å². The third kappa shape index (κ3) is 5.05. The number of thiocarbonyl (C=S) groups is 1. The van der Waals surface area contributed by atoms with Gasteiger partial charge in [-0.3, -0.25) is 0 Å². The molecule has 3 N–H and O–H groups in total. The van der Waals surface area contributed by atoms with E-state index in [0.29, 0.717) is 17.3 Å². The van der Waals surface area contributed by atoms with Crippen LogP contribution in [-0.4, -0.2) is 25.8 Å². The Kier molecular flexibility index (Phi) is 6.80. The van der Waals surface area contributed by atoms with Crippen LogP contribution in [0.2, 0.25) is 10.0 Å². The van der Waals surface area contributed by atoms with Gasteiger partial charge in [0.15, 0.2) is 5.11 Å². The summed E-state index contributed by atoms with van der Waals surface area (Å²) in [5.41, 5.74) is 1.68. The Bertz CT molecular complexity index is 725. The van der Waals surface area contributed by atoms with Gasteiger partial charge in [0, 0.05) is 16.3 Å². The van der Waals surface area contributed by atoms with E-state index in [9.17, 15) is 4.39 Å². The second-order valence-electron chi connectivity index (χ2n) is 5.62. The highest BCUT2D eigenvalue weighted by atomic mass is 35.5. The summed E-state index contributed by atoms with van der Waals surface area (Å²) in [6, 6.07) is 12.3. The van der Waals surface area contributed by atoms with Crippen LogP contribution in [0.3, 0.4) is 0 Å². The van der Waals surface area contributed by atoms with Gasteiger partial charge in [-0.2, -0.15) is 0 Å². The van der Waals surface area contributed by atoms with Crippen molar-refractivity contribution in [1.82, 2.24) is 5.32 Å². The van der Waals surface area contributed by atoms with Crippen LogP contribution in [0.4, 0.5) is 10.1 Å². The molecular formula is C17H19Cl2FN3S+. The average molecular weight is 387 g/mol. The molecule has 0 radical (unpaired) electrons. The van der Waals surface area contributed by atoms with Crippen LogP contribution in [0, 0.1) is 5.82 Å². The molecule has 0 aliphatic rings. The van der Waals surface area contributed by atoms with Crippen LogP contribution in [-0.2, 0) is 0 Å². The van der Waals surface area contributed by atoms with Crippen LogP contribution < -0.4 is 15.5 Å². The zero-order chi connectivity index (χ0) is 17.7. The lowest BCUT2D eigenvalue weighted by molar-refractivity contribution is -0.890. The van der Waals surface area contributed by atoms with Crippen molar-refractivity contribution >= 4 is 46.2 Å². The third-order valence-corrected chi connectivity index (χ3v) is 4.50. The first-order chi connectivity index (χ1) is 11.4. The van der Waals surface area contributed by atoms with Gasteiger partial charge in [-0.1, -0.05) is 41.4 Å². The lowest BCUT2D eigenvalue weighted by atomic mass is 10.1. The second-order valence-corrected chi connectivity index (χ2v) is 6.84. The summed E-state index contributed by atoms with van der Waals surface area (Å²) in [6.45, 7) is 0.604. The van der Waals surface area contributed by atoms with Crippen LogP contribution in [0.1, 0.15) is 11.6 Å². The molecule has 7 heteroatoms. The number of rotatable bonds is 5. The standard InChI is InChI=1S/C17H18Cl2FN3S/c1-23(2)16(12-5-3-4-6-13(12)18)10-21-17(24)22-11-7-8-15(20)14(19)9-11/h3-9,16H,10H2,1-2H3,(H2,21,22,24)/p+1/t16-/m0/s1. The fraction of sp³-hybridized carbons (Fsp3) is 0.235. The Morgan fingerprint density at radius 2 is 1.88 bits per heavy atom. The van der Waals surface area contributed by atoms with Crippen LogP contribution in [0.5, 0.6) is 0 Å². The fourth-order valence-electron chi connectivity index (χ4n) is 2.33. The third-order valence-electron chi connectivity index (χ3n) is 3.62. The zero-order valence-corrected chi connectivity index (χ0v) is 15.7. The van der Waals surface area contributed by atoms with E-state index in [0.717, 1.165) is 10.6 Å². The second kappa shape index (κ2) is 8.62. The van der Waals surface area contributed by atoms with E-state index in [-0.39, 0.29) is 11.1 Å². The lowest BCUT2D eigenvalue weighted by Crippen LogP contribution is -3.07. The summed E-state index contributed by atoms with van der Waals surface area (Å²) < 4.78 is 13.2. The normalized spacial score (nSPS) is 12.1. The number of anilines is 1. The number of hydrogen-bond acceptors (Lipinski definition) is 1. The fourth-order valence-corrected chi connectivity index (χ4v) is 2.98. The molecule has 0 aliphatic carbocycles. The van der Waals surface area contributed by atoms with Crippen molar-refractivity contribution in [2.24, 2.45) is 0 Å². The SMILES string of the molecule is C[NH+](C)[C@@H](CNC(=S)Nc1ccc(F)c(Cl)c1)c1ccccc1Cl. The van der Waals surface area contributed by atoms with Gasteiger partial charge in [-0.25, -0.2) is 4.39 Å². The van der Waals surface area contributed by atoms with E-state index in [1.165, 1.54) is 17.0 Å². The van der Waals surface area contributed by atoms with Crippen molar-refractivity contribution in [2.75, 3.05) is 26.0 Å². The number of quaternary nitrogens is 1. The Hall–Kier alpha value is -1.40. The van der Waals surface area contributed by atoms with Crippen molar-refractivity contribution in [3.8, 4) is 0 Å². The van der Waals surface area contributed by atoms with E-state index < -0.39 is 5.82 Å². The topological polar surface area (TPSA) is 28.5 Å². The van der Waals surface area contributed by atoms with Gasteiger partial charge < -0.3 is 15.5 Å². The summed E-state index contributed by atoms with van der Waals surface area (Å²) in [5.74, 6) is -0.462. The minimum Gasteiger partial charge on any atom is -0.356 e.